The van der Waals surface area contributed by atoms with Crippen LogP contribution >= 0.6 is 11.6 Å². The second kappa shape index (κ2) is 2.72. The van der Waals surface area contributed by atoms with Gasteiger partial charge in [0, 0.05) is 6.20 Å². The lowest BCUT2D eigenvalue weighted by molar-refractivity contribution is 1.23. The Bertz CT molecular complexity index is 286. The Morgan fingerprint density at radius 3 is 2.90 bits per heavy atom. The molecule has 0 N–H and O–H groups in total. The van der Waals surface area contributed by atoms with Crippen LogP contribution in [-0.2, 0) is 0 Å². The standard InChI is InChI=1S/C8H6ClN/c1-3-8-6(2)4-7(9)5-10-8/h1,4-5H,2H3. The minimum absolute atomic E-state index is 0.622. The van der Waals surface area contributed by atoms with Crippen molar-refractivity contribution < 1.29 is 0 Å². The highest BCUT2D eigenvalue weighted by Gasteiger charge is 1.94. The Hall–Kier alpha value is -1.00. The van der Waals surface area contributed by atoms with E-state index in [2.05, 4.69) is 10.9 Å². The van der Waals surface area contributed by atoms with Gasteiger partial charge < -0.3 is 0 Å². The molecule has 50 valence electrons. The number of halogens is 1. The van der Waals surface area contributed by atoms with Crippen LogP contribution in [0.1, 0.15) is 11.3 Å². The monoisotopic (exact) mass is 151 g/mol. The van der Waals surface area contributed by atoms with E-state index < -0.39 is 0 Å². The van der Waals surface area contributed by atoms with Gasteiger partial charge in [-0.05, 0) is 24.5 Å². The third-order valence-corrected chi connectivity index (χ3v) is 1.39. The zero-order valence-corrected chi connectivity index (χ0v) is 6.31. The lowest BCUT2D eigenvalue weighted by Crippen LogP contribution is -1.85. The SMILES string of the molecule is C#Cc1ncc(Cl)cc1C. The Kier molecular flexibility index (Phi) is 1.94. The van der Waals surface area contributed by atoms with Crippen LogP contribution in [0.4, 0.5) is 0 Å². The van der Waals surface area contributed by atoms with Gasteiger partial charge in [-0.1, -0.05) is 11.6 Å². The third-order valence-electron chi connectivity index (χ3n) is 1.18. The normalized spacial score (nSPS) is 8.90. The van der Waals surface area contributed by atoms with Crippen molar-refractivity contribution in [2.75, 3.05) is 0 Å². The summed E-state index contributed by atoms with van der Waals surface area (Å²) in [6.07, 6.45) is 6.69. The van der Waals surface area contributed by atoms with E-state index >= 15 is 0 Å². The summed E-state index contributed by atoms with van der Waals surface area (Å²) in [6.45, 7) is 1.88. The van der Waals surface area contributed by atoms with Crippen LogP contribution in [0.5, 0.6) is 0 Å². The largest absolute Gasteiger partial charge is 0.246 e. The van der Waals surface area contributed by atoms with Crippen molar-refractivity contribution in [2.45, 2.75) is 6.92 Å². The first kappa shape index (κ1) is 7.11. The number of pyridine rings is 1. The van der Waals surface area contributed by atoms with Crippen LogP contribution in [0.2, 0.25) is 5.02 Å². The Morgan fingerprint density at radius 1 is 1.70 bits per heavy atom. The molecular formula is C8H6ClN. The van der Waals surface area contributed by atoms with Crippen molar-refractivity contribution >= 4 is 11.6 Å². The molecule has 1 nitrogen and oxygen atoms in total. The third kappa shape index (κ3) is 1.29. The van der Waals surface area contributed by atoms with Crippen molar-refractivity contribution in [1.82, 2.24) is 4.98 Å². The average molecular weight is 152 g/mol. The molecule has 0 aliphatic heterocycles. The summed E-state index contributed by atoms with van der Waals surface area (Å²) in [5.74, 6) is 2.45. The summed E-state index contributed by atoms with van der Waals surface area (Å²) in [7, 11) is 0. The summed E-state index contributed by atoms with van der Waals surface area (Å²) in [5, 5.41) is 0.622. The highest BCUT2D eigenvalue weighted by Crippen LogP contribution is 2.10. The van der Waals surface area contributed by atoms with E-state index in [1.807, 2.05) is 6.92 Å². The van der Waals surface area contributed by atoms with E-state index in [-0.39, 0.29) is 0 Å². The predicted molar refractivity (Wildman–Crippen MR) is 41.9 cm³/mol. The summed E-state index contributed by atoms with van der Waals surface area (Å²) >= 11 is 5.64. The number of aromatic nitrogens is 1. The molecule has 0 bridgehead atoms. The molecule has 2 heteroatoms. The van der Waals surface area contributed by atoms with Crippen LogP contribution in [0.25, 0.3) is 0 Å². The molecule has 1 rings (SSSR count). The van der Waals surface area contributed by atoms with Gasteiger partial charge in [-0.2, -0.15) is 0 Å². The number of rotatable bonds is 0. The number of nitrogens with zero attached hydrogens (tertiary/aromatic N) is 1. The zero-order valence-electron chi connectivity index (χ0n) is 5.56. The number of hydrogen-bond donors (Lipinski definition) is 0. The highest BCUT2D eigenvalue weighted by atomic mass is 35.5. The molecule has 1 aromatic rings. The van der Waals surface area contributed by atoms with Crippen LogP contribution in [0, 0.1) is 19.3 Å². The minimum Gasteiger partial charge on any atom is -0.246 e. The fourth-order valence-electron chi connectivity index (χ4n) is 0.692. The molecule has 0 aliphatic carbocycles. The van der Waals surface area contributed by atoms with Gasteiger partial charge in [0.1, 0.15) is 5.69 Å². The molecule has 0 aromatic carbocycles. The summed E-state index contributed by atoms with van der Waals surface area (Å²) < 4.78 is 0. The molecule has 0 amide bonds. The molecule has 0 atom stereocenters. The van der Waals surface area contributed by atoms with E-state index in [1.54, 1.807) is 12.3 Å². The maximum absolute atomic E-state index is 5.64. The van der Waals surface area contributed by atoms with E-state index in [0.29, 0.717) is 10.7 Å². The first-order chi connectivity index (χ1) is 4.74. The Balaban J connectivity index is 3.23. The molecule has 0 fully saturated rings. The molecule has 0 saturated carbocycles. The maximum atomic E-state index is 5.64. The van der Waals surface area contributed by atoms with Crippen molar-refractivity contribution in [3.63, 3.8) is 0 Å². The molecule has 0 unspecified atom stereocenters. The molecule has 0 aliphatic rings. The fraction of sp³-hybridized carbons (Fsp3) is 0.125. The summed E-state index contributed by atoms with van der Waals surface area (Å²) in [6, 6.07) is 1.80. The average Bonchev–Trinajstić information content (AvgIpc) is 1.88. The lowest BCUT2D eigenvalue weighted by Gasteiger charge is -1.95. The molecular weight excluding hydrogens is 146 g/mol. The number of aryl methyl sites for hydroxylation is 1. The van der Waals surface area contributed by atoms with Gasteiger partial charge in [0.05, 0.1) is 5.02 Å². The van der Waals surface area contributed by atoms with Gasteiger partial charge in [0.15, 0.2) is 0 Å². The van der Waals surface area contributed by atoms with Gasteiger partial charge in [0.25, 0.3) is 0 Å². The van der Waals surface area contributed by atoms with Gasteiger partial charge in [-0.25, -0.2) is 4.98 Å². The molecule has 10 heavy (non-hydrogen) atoms. The van der Waals surface area contributed by atoms with Gasteiger partial charge in [0.2, 0.25) is 0 Å². The Morgan fingerprint density at radius 2 is 2.40 bits per heavy atom. The quantitative estimate of drug-likeness (QED) is 0.517. The van der Waals surface area contributed by atoms with E-state index in [4.69, 9.17) is 18.0 Å². The predicted octanol–water partition coefficient (Wildman–Crippen LogP) is 2.02. The van der Waals surface area contributed by atoms with Gasteiger partial charge >= 0.3 is 0 Å². The number of hydrogen-bond acceptors (Lipinski definition) is 1. The van der Waals surface area contributed by atoms with Crippen LogP contribution in [-0.4, -0.2) is 4.98 Å². The van der Waals surface area contributed by atoms with Crippen LogP contribution in [0.15, 0.2) is 12.3 Å². The summed E-state index contributed by atoms with van der Waals surface area (Å²) in [4.78, 5) is 3.93. The van der Waals surface area contributed by atoms with Crippen molar-refractivity contribution in [2.24, 2.45) is 0 Å². The van der Waals surface area contributed by atoms with Crippen molar-refractivity contribution in [3.8, 4) is 12.3 Å². The topological polar surface area (TPSA) is 12.9 Å². The first-order valence-electron chi connectivity index (χ1n) is 2.83. The molecule has 0 saturated heterocycles. The minimum atomic E-state index is 0.622. The highest BCUT2D eigenvalue weighted by molar-refractivity contribution is 6.30. The summed E-state index contributed by atoms with van der Waals surface area (Å²) in [5.41, 5.74) is 1.60. The van der Waals surface area contributed by atoms with Crippen molar-refractivity contribution in [1.29, 1.82) is 0 Å². The van der Waals surface area contributed by atoms with E-state index in [0.717, 1.165) is 5.56 Å². The zero-order chi connectivity index (χ0) is 7.56. The molecule has 1 heterocycles. The number of terminal acetylenes is 1. The molecule has 0 radical (unpaired) electrons. The van der Waals surface area contributed by atoms with Crippen LogP contribution in [0.3, 0.4) is 0 Å². The van der Waals surface area contributed by atoms with Gasteiger partial charge in [-0.3, -0.25) is 0 Å². The molecule has 0 spiro atoms. The van der Waals surface area contributed by atoms with Crippen molar-refractivity contribution in [3.05, 3.63) is 28.5 Å². The lowest BCUT2D eigenvalue weighted by atomic mass is 10.2. The fourth-order valence-corrected chi connectivity index (χ4v) is 0.904. The second-order valence-electron chi connectivity index (χ2n) is 1.96. The van der Waals surface area contributed by atoms with Gasteiger partial charge in [-0.15, -0.1) is 6.42 Å². The van der Waals surface area contributed by atoms with E-state index in [9.17, 15) is 0 Å². The van der Waals surface area contributed by atoms with Crippen LogP contribution < -0.4 is 0 Å². The smallest absolute Gasteiger partial charge is 0.115 e. The maximum Gasteiger partial charge on any atom is 0.115 e. The second-order valence-corrected chi connectivity index (χ2v) is 2.40. The van der Waals surface area contributed by atoms with E-state index in [1.165, 1.54) is 0 Å². The molecule has 1 aromatic heterocycles. The first-order valence-corrected chi connectivity index (χ1v) is 3.20. The Labute approximate surface area is 65.0 Å².